The standard InChI is InChI=1S/C10H19BrO3/c1-3-5-6-7-8-13-14-10(9-11)12-4-2/h6-7,10H,3-5,8-9H2,1-2H3/b7-6+. The van der Waals surface area contributed by atoms with Crippen molar-refractivity contribution in [1.29, 1.82) is 0 Å². The SMILES string of the molecule is CCC/C=C/COOC(CBr)OCC. The quantitative estimate of drug-likeness (QED) is 0.160. The summed E-state index contributed by atoms with van der Waals surface area (Å²) in [6.45, 7) is 5.14. The third-order valence-corrected chi connectivity index (χ3v) is 1.97. The molecular formula is C10H19BrO3. The van der Waals surface area contributed by atoms with Crippen molar-refractivity contribution >= 4 is 15.9 Å². The number of halogens is 1. The Morgan fingerprint density at radius 3 is 2.64 bits per heavy atom. The molecule has 0 aromatic rings. The lowest BCUT2D eigenvalue weighted by Crippen LogP contribution is -2.19. The van der Waals surface area contributed by atoms with Gasteiger partial charge in [-0.05, 0) is 13.3 Å². The van der Waals surface area contributed by atoms with Gasteiger partial charge in [-0.15, -0.1) is 0 Å². The van der Waals surface area contributed by atoms with Gasteiger partial charge in [0.25, 0.3) is 0 Å². The van der Waals surface area contributed by atoms with Gasteiger partial charge in [0.05, 0.1) is 5.33 Å². The fourth-order valence-corrected chi connectivity index (χ4v) is 1.09. The van der Waals surface area contributed by atoms with E-state index in [4.69, 9.17) is 14.5 Å². The monoisotopic (exact) mass is 266 g/mol. The third-order valence-electron chi connectivity index (χ3n) is 1.44. The molecule has 0 aliphatic rings. The Kier molecular flexibility index (Phi) is 11.3. The summed E-state index contributed by atoms with van der Waals surface area (Å²) in [7, 11) is 0. The van der Waals surface area contributed by atoms with Gasteiger partial charge in [-0.1, -0.05) is 41.4 Å². The molecule has 1 unspecified atom stereocenters. The number of hydrogen-bond donors (Lipinski definition) is 0. The van der Waals surface area contributed by atoms with Crippen LogP contribution in [0.1, 0.15) is 26.7 Å². The lowest BCUT2D eigenvalue weighted by molar-refractivity contribution is -0.365. The van der Waals surface area contributed by atoms with Crippen LogP contribution in [0.15, 0.2) is 12.2 Å². The summed E-state index contributed by atoms with van der Waals surface area (Å²) < 4.78 is 5.20. The number of hydrogen-bond acceptors (Lipinski definition) is 3. The predicted molar refractivity (Wildman–Crippen MR) is 60.3 cm³/mol. The molecule has 0 amide bonds. The van der Waals surface area contributed by atoms with Gasteiger partial charge in [-0.25, -0.2) is 9.78 Å². The Balaban J connectivity index is 3.32. The Morgan fingerprint density at radius 2 is 2.07 bits per heavy atom. The molecule has 4 heteroatoms. The smallest absolute Gasteiger partial charge is 0.200 e. The summed E-state index contributed by atoms with van der Waals surface area (Å²) in [5, 5.41) is 0.611. The summed E-state index contributed by atoms with van der Waals surface area (Å²) in [4.78, 5) is 9.94. The van der Waals surface area contributed by atoms with Gasteiger partial charge >= 0.3 is 0 Å². The molecule has 0 aliphatic carbocycles. The highest BCUT2D eigenvalue weighted by Crippen LogP contribution is 2.00. The van der Waals surface area contributed by atoms with Gasteiger partial charge in [0.15, 0.2) is 0 Å². The summed E-state index contributed by atoms with van der Waals surface area (Å²) in [5.74, 6) is 0. The number of unbranched alkanes of at least 4 members (excludes halogenated alkanes) is 1. The van der Waals surface area contributed by atoms with E-state index in [1.165, 1.54) is 0 Å². The van der Waals surface area contributed by atoms with Gasteiger partial charge in [-0.3, -0.25) is 0 Å². The minimum absolute atomic E-state index is 0.320. The molecule has 1 atom stereocenters. The molecule has 3 nitrogen and oxygen atoms in total. The van der Waals surface area contributed by atoms with E-state index in [9.17, 15) is 0 Å². The predicted octanol–water partition coefficient (Wildman–Crippen LogP) is 3.05. The molecule has 0 fully saturated rings. The number of rotatable bonds is 9. The molecule has 0 rings (SSSR count). The summed E-state index contributed by atoms with van der Waals surface area (Å²) in [6, 6.07) is 0. The molecule has 0 aliphatic heterocycles. The van der Waals surface area contributed by atoms with Crippen molar-refractivity contribution in [2.75, 3.05) is 18.5 Å². The van der Waals surface area contributed by atoms with Gasteiger partial charge in [0.2, 0.25) is 6.29 Å². The van der Waals surface area contributed by atoms with E-state index in [0.29, 0.717) is 18.5 Å². The number of allylic oxidation sites excluding steroid dienone is 1. The van der Waals surface area contributed by atoms with E-state index in [1.54, 1.807) is 0 Å². The maximum absolute atomic E-state index is 5.20. The van der Waals surface area contributed by atoms with Crippen LogP contribution in [0.3, 0.4) is 0 Å². The maximum atomic E-state index is 5.20. The highest BCUT2D eigenvalue weighted by Gasteiger charge is 2.06. The van der Waals surface area contributed by atoms with Gasteiger partial charge in [-0.2, -0.15) is 0 Å². The van der Waals surface area contributed by atoms with Gasteiger partial charge in [0, 0.05) is 6.61 Å². The highest BCUT2D eigenvalue weighted by atomic mass is 79.9. The van der Waals surface area contributed by atoms with Gasteiger partial charge < -0.3 is 4.74 Å². The third kappa shape index (κ3) is 8.69. The van der Waals surface area contributed by atoms with Crippen LogP contribution in [-0.2, 0) is 14.5 Å². The average molecular weight is 267 g/mol. The molecule has 0 radical (unpaired) electrons. The van der Waals surface area contributed by atoms with Crippen molar-refractivity contribution in [2.24, 2.45) is 0 Å². The molecule has 0 spiro atoms. The zero-order valence-electron chi connectivity index (χ0n) is 8.87. The molecule has 14 heavy (non-hydrogen) atoms. The minimum Gasteiger partial charge on any atom is -0.349 e. The van der Waals surface area contributed by atoms with Crippen LogP contribution in [0.2, 0.25) is 0 Å². The van der Waals surface area contributed by atoms with Crippen molar-refractivity contribution in [1.82, 2.24) is 0 Å². The second-order valence-corrected chi connectivity index (χ2v) is 3.33. The molecule has 0 aromatic heterocycles. The first-order valence-corrected chi connectivity index (χ1v) is 6.08. The lowest BCUT2D eigenvalue weighted by Gasteiger charge is -2.12. The van der Waals surface area contributed by atoms with E-state index in [0.717, 1.165) is 12.8 Å². The molecule has 0 bridgehead atoms. The van der Waals surface area contributed by atoms with Crippen molar-refractivity contribution in [2.45, 2.75) is 33.0 Å². The largest absolute Gasteiger partial charge is 0.349 e. The molecular weight excluding hydrogens is 248 g/mol. The molecule has 0 N–H and O–H groups in total. The van der Waals surface area contributed by atoms with E-state index in [-0.39, 0.29) is 6.29 Å². The van der Waals surface area contributed by atoms with E-state index >= 15 is 0 Å². The van der Waals surface area contributed by atoms with Crippen molar-refractivity contribution in [3.8, 4) is 0 Å². The summed E-state index contributed by atoms with van der Waals surface area (Å²) in [6.07, 6.45) is 5.94. The lowest BCUT2D eigenvalue weighted by atomic mass is 10.3. The Morgan fingerprint density at radius 1 is 1.29 bits per heavy atom. The maximum Gasteiger partial charge on any atom is 0.200 e. The van der Waals surface area contributed by atoms with Crippen molar-refractivity contribution in [3.63, 3.8) is 0 Å². The van der Waals surface area contributed by atoms with E-state index in [2.05, 4.69) is 28.9 Å². The Bertz CT molecular complexity index is 139. The first-order valence-electron chi connectivity index (χ1n) is 4.95. The number of ether oxygens (including phenoxy) is 1. The average Bonchev–Trinajstić information content (AvgIpc) is 2.21. The summed E-state index contributed by atoms with van der Waals surface area (Å²) in [5.41, 5.74) is 0. The summed E-state index contributed by atoms with van der Waals surface area (Å²) >= 11 is 3.26. The zero-order chi connectivity index (χ0) is 10.6. The van der Waals surface area contributed by atoms with Crippen LogP contribution in [0.25, 0.3) is 0 Å². The normalized spacial score (nSPS) is 13.6. The first-order chi connectivity index (χ1) is 6.85. The van der Waals surface area contributed by atoms with Crippen LogP contribution < -0.4 is 0 Å². The highest BCUT2D eigenvalue weighted by molar-refractivity contribution is 9.09. The van der Waals surface area contributed by atoms with Crippen LogP contribution in [0, 0.1) is 0 Å². The van der Waals surface area contributed by atoms with Crippen LogP contribution in [0.4, 0.5) is 0 Å². The molecule has 0 heterocycles. The van der Waals surface area contributed by atoms with Crippen molar-refractivity contribution in [3.05, 3.63) is 12.2 Å². The molecule has 84 valence electrons. The van der Waals surface area contributed by atoms with E-state index in [1.807, 2.05) is 13.0 Å². The van der Waals surface area contributed by atoms with E-state index < -0.39 is 0 Å². The Labute approximate surface area is 94.5 Å². The number of alkyl halides is 1. The van der Waals surface area contributed by atoms with Gasteiger partial charge in [0.1, 0.15) is 6.61 Å². The fraction of sp³-hybridized carbons (Fsp3) is 0.800. The van der Waals surface area contributed by atoms with Crippen LogP contribution >= 0.6 is 15.9 Å². The topological polar surface area (TPSA) is 27.7 Å². The fourth-order valence-electron chi connectivity index (χ4n) is 0.791. The Hall–Kier alpha value is 0.100. The minimum atomic E-state index is -0.320. The second-order valence-electron chi connectivity index (χ2n) is 2.68. The second kappa shape index (κ2) is 11.2. The first kappa shape index (κ1) is 14.1. The zero-order valence-corrected chi connectivity index (χ0v) is 10.5. The molecule has 0 saturated heterocycles. The molecule has 0 aromatic carbocycles. The van der Waals surface area contributed by atoms with Crippen LogP contribution in [-0.4, -0.2) is 24.8 Å². The molecule has 0 saturated carbocycles. The van der Waals surface area contributed by atoms with Crippen LogP contribution in [0.5, 0.6) is 0 Å². The van der Waals surface area contributed by atoms with Crippen molar-refractivity contribution < 1.29 is 14.5 Å².